The maximum atomic E-state index is 6.29. The number of hydrazone groups is 1. The highest BCUT2D eigenvalue weighted by Gasteiger charge is 2.24. The zero-order valence-corrected chi connectivity index (χ0v) is 22.6. The summed E-state index contributed by atoms with van der Waals surface area (Å²) in [7, 11) is 1.69. The minimum atomic E-state index is 0.301. The summed E-state index contributed by atoms with van der Waals surface area (Å²) in [6.45, 7) is 8.91. The van der Waals surface area contributed by atoms with Crippen LogP contribution in [0.15, 0.2) is 77.1 Å². The highest BCUT2D eigenvalue weighted by molar-refractivity contribution is 5.98. The van der Waals surface area contributed by atoms with Crippen LogP contribution in [-0.4, -0.2) is 58.7 Å². The van der Waals surface area contributed by atoms with E-state index in [2.05, 4.69) is 62.5 Å². The van der Waals surface area contributed by atoms with E-state index in [9.17, 15) is 0 Å². The van der Waals surface area contributed by atoms with Gasteiger partial charge in [0, 0.05) is 36.2 Å². The largest absolute Gasteiger partial charge is 0.490 e. The van der Waals surface area contributed by atoms with Gasteiger partial charge >= 0.3 is 0 Å². The molecular formula is C30H32N7O2+. The number of ether oxygens (including phenoxy) is 2. The van der Waals surface area contributed by atoms with Gasteiger partial charge in [-0.2, -0.15) is 9.68 Å². The van der Waals surface area contributed by atoms with Crippen LogP contribution in [0, 0.1) is 12.8 Å². The lowest BCUT2D eigenvalue weighted by molar-refractivity contribution is -0.438. The van der Waals surface area contributed by atoms with Gasteiger partial charge in [0.2, 0.25) is 11.4 Å². The van der Waals surface area contributed by atoms with E-state index in [1.807, 2.05) is 54.7 Å². The molecule has 1 atom stereocenters. The summed E-state index contributed by atoms with van der Waals surface area (Å²) >= 11 is 0. The fourth-order valence-electron chi connectivity index (χ4n) is 4.98. The van der Waals surface area contributed by atoms with Crippen LogP contribution in [0.3, 0.4) is 0 Å². The number of fused-ring (bicyclic) bond motifs is 2. The Kier molecular flexibility index (Phi) is 6.58. The van der Waals surface area contributed by atoms with Gasteiger partial charge in [-0.05, 0) is 55.3 Å². The molecule has 3 aromatic rings. The molecule has 2 aromatic carbocycles. The van der Waals surface area contributed by atoms with Crippen LogP contribution < -0.4 is 20.1 Å². The lowest BCUT2D eigenvalue weighted by Crippen LogP contribution is -2.33. The quantitative estimate of drug-likeness (QED) is 0.440. The first kappa shape index (κ1) is 24.8. The summed E-state index contributed by atoms with van der Waals surface area (Å²) in [6, 6.07) is 10.1. The van der Waals surface area contributed by atoms with E-state index in [0.717, 1.165) is 70.4 Å². The second kappa shape index (κ2) is 10.3. The van der Waals surface area contributed by atoms with Crippen molar-refractivity contribution in [3.63, 3.8) is 0 Å². The zero-order valence-electron chi connectivity index (χ0n) is 22.6. The molecule has 0 amide bonds. The number of nitrogens with zero attached hydrogens (tertiary/aromatic N) is 5. The lowest BCUT2D eigenvalue weighted by Gasteiger charge is -2.28. The van der Waals surface area contributed by atoms with E-state index < -0.39 is 0 Å². The molecule has 1 unspecified atom stereocenters. The van der Waals surface area contributed by atoms with Crippen LogP contribution in [0.5, 0.6) is 11.5 Å². The van der Waals surface area contributed by atoms with E-state index in [0.29, 0.717) is 11.7 Å². The first-order valence-electron chi connectivity index (χ1n) is 13.1. The van der Waals surface area contributed by atoms with Gasteiger partial charge in [-0.3, -0.25) is 0 Å². The van der Waals surface area contributed by atoms with E-state index in [1.165, 1.54) is 5.57 Å². The van der Waals surface area contributed by atoms with Gasteiger partial charge in [-0.1, -0.05) is 6.92 Å². The molecule has 39 heavy (non-hydrogen) atoms. The van der Waals surface area contributed by atoms with E-state index in [-0.39, 0.29) is 0 Å². The Morgan fingerprint density at radius 2 is 2.05 bits per heavy atom. The van der Waals surface area contributed by atoms with Crippen molar-refractivity contribution in [2.24, 2.45) is 11.0 Å². The van der Waals surface area contributed by atoms with Gasteiger partial charge in [0.05, 0.1) is 36.8 Å². The minimum absolute atomic E-state index is 0.301. The Morgan fingerprint density at radius 3 is 2.85 bits per heavy atom. The molecule has 0 aliphatic carbocycles. The molecule has 0 saturated carbocycles. The number of allylic oxidation sites excluding steroid dienone is 3. The van der Waals surface area contributed by atoms with Crippen molar-refractivity contribution < 1.29 is 14.0 Å². The fourth-order valence-corrected chi connectivity index (χ4v) is 4.98. The van der Waals surface area contributed by atoms with Crippen molar-refractivity contribution >= 4 is 40.5 Å². The molecule has 9 nitrogen and oxygen atoms in total. The Hall–Kier alpha value is -4.50. The van der Waals surface area contributed by atoms with Crippen LogP contribution in [0.2, 0.25) is 0 Å². The van der Waals surface area contributed by atoms with E-state index in [4.69, 9.17) is 9.47 Å². The average molecular weight is 523 g/mol. The summed E-state index contributed by atoms with van der Waals surface area (Å²) in [5, 5.41) is 14.1. The topological polar surface area (TPSA) is 86.9 Å². The van der Waals surface area contributed by atoms with Crippen molar-refractivity contribution in [1.82, 2.24) is 20.3 Å². The van der Waals surface area contributed by atoms with Crippen molar-refractivity contribution in [1.29, 1.82) is 0 Å². The number of rotatable bonds is 6. The molecule has 1 aromatic heterocycles. The molecule has 0 radical (unpaired) electrons. The Labute approximate surface area is 227 Å². The average Bonchev–Trinajstić information content (AvgIpc) is 2.96. The second-order valence-electron chi connectivity index (χ2n) is 9.85. The third-order valence-electron chi connectivity index (χ3n) is 7.31. The number of nitrogens with one attached hydrogen (secondary N) is 2. The minimum Gasteiger partial charge on any atom is -0.490 e. The number of benzene rings is 2. The molecule has 3 aliphatic heterocycles. The number of hydrogen-bond donors (Lipinski definition) is 2. The predicted octanol–water partition coefficient (Wildman–Crippen LogP) is 5.01. The molecule has 3 aliphatic rings. The first-order chi connectivity index (χ1) is 19.0. The van der Waals surface area contributed by atoms with Crippen LogP contribution in [-0.2, 0) is 0 Å². The number of hydrogen-bond acceptors (Lipinski definition) is 8. The number of aromatic nitrogens is 2. The molecular weight excluding hydrogens is 490 g/mol. The third-order valence-corrected chi connectivity index (χ3v) is 7.31. The van der Waals surface area contributed by atoms with Crippen molar-refractivity contribution in [2.45, 2.75) is 20.8 Å². The summed E-state index contributed by atoms with van der Waals surface area (Å²) < 4.78 is 14.4. The summed E-state index contributed by atoms with van der Waals surface area (Å²) in [4.78, 5) is 9.07. The van der Waals surface area contributed by atoms with Gasteiger partial charge < -0.3 is 20.1 Å². The molecule has 6 rings (SSSR count). The third kappa shape index (κ3) is 4.77. The second-order valence-corrected chi connectivity index (χ2v) is 9.85. The number of methoxy groups -OCH3 is 1. The SMILES string of the molecule is COc1c([N+]2=CCNCC2)ccc2ncnc(Nc3ccc(OC4=CC5=C(C)C(C)C=NN5C=C4)c(C)c3)c12. The molecule has 9 heteroatoms. The van der Waals surface area contributed by atoms with Gasteiger partial charge in [0.15, 0.2) is 12.8 Å². The summed E-state index contributed by atoms with van der Waals surface area (Å²) in [5.41, 5.74) is 6.03. The molecule has 0 spiro atoms. The van der Waals surface area contributed by atoms with Crippen LogP contribution >= 0.6 is 0 Å². The van der Waals surface area contributed by atoms with E-state index in [1.54, 1.807) is 13.4 Å². The monoisotopic (exact) mass is 522 g/mol. The summed E-state index contributed by atoms with van der Waals surface area (Å²) in [5.74, 6) is 3.31. The van der Waals surface area contributed by atoms with Crippen LogP contribution in [0.4, 0.5) is 17.2 Å². The number of anilines is 2. The smallest absolute Gasteiger partial charge is 0.248 e. The Bertz CT molecular complexity index is 1600. The Balaban J connectivity index is 1.28. The van der Waals surface area contributed by atoms with Gasteiger partial charge in [0.1, 0.15) is 23.7 Å². The fraction of sp³-hybridized carbons (Fsp3) is 0.267. The van der Waals surface area contributed by atoms with Crippen LogP contribution in [0.25, 0.3) is 10.9 Å². The first-order valence-corrected chi connectivity index (χ1v) is 13.1. The molecule has 4 heterocycles. The molecule has 0 bridgehead atoms. The highest BCUT2D eigenvalue weighted by atomic mass is 16.5. The maximum Gasteiger partial charge on any atom is 0.248 e. The predicted molar refractivity (Wildman–Crippen MR) is 154 cm³/mol. The van der Waals surface area contributed by atoms with Crippen LogP contribution in [0.1, 0.15) is 19.4 Å². The maximum absolute atomic E-state index is 6.29. The van der Waals surface area contributed by atoms with Crippen molar-refractivity contribution in [3.05, 3.63) is 77.6 Å². The number of aryl methyl sites for hydroxylation is 1. The zero-order chi connectivity index (χ0) is 26.9. The normalized spacial score (nSPS) is 18.6. The Morgan fingerprint density at radius 1 is 1.15 bits per heavy atom. The molecule has 2 N–H and O–H groups in total. The summed E-state index contributed by atoms with van der Waals surface area (Å²) in [6.07, 6.45) is 11.6. The highest BCUT2D eigenvalue weighted by Crippen LogP contribution is 2.39. The van der Waals surface area contributed by atoms with Gasteiger partial charge in [-0.25, -0.2) is 15.0 Å². The van der Waals surface area contributed by atoms with Gasteiger partial charge in [-0.15, -0.1) is 0 Å². The lowest BCUT2D eigenvalue weighted by atomic mass is 9.99. The standard InChI is InChI=1S/C30H32N7O2/c1-19-15-22(5-8-27(19)39-23-9-12-37-26(16-23)21(3)20(2)17-34-37)35-30-28-24(32-18-33-30)6-7-25(29(28)38-4)36-13-10-31-11-14-36/h5-9,12-13,15-18,20,31H,10-11,14H2,1-4H3,(H,32,33,35)/q+1. The van der Waals surface area contributed by atoms with Crippen molar-refractivity contribution in [2.75, 3.05) is 32.1 Å². The molecule has 198 valence electrons. The molecule has 0 fully saturated rings. The van der Waals surface area contributed by atoms with E-state index >= 15 is 0 Å². The van der Waals surface area contributed by atoms with Crippen molar-refractivity contribution in [3.8, 4) is 11.5 Å². The molecule has 0 saturated heterocycles. The van der Waals surface area contributed by atoms with Gasteiger partial charge in [0.25, 0.3) is 0 Å².